The van der Waals surface area contributed by atoms with E-state index in [0.29, 0.717) is 13.1 Å². The fraction of sp³-hybridized carbons (Fsp3) is 0.316. The van der Waals surface area contributed by atoms with Crippen LogP contribution in [-0.4, -0.2) is 11.7 Å². The Labute approximate surface area is 177 Å². The van der Waals surface area contributed by atoms with E-state index in [2.05, 4.69) is 62.6 Å². The minimum atomic E-state index is -0.449. The van der Waals surface area contributed by atoms with Crippen molar-refractivity contribution in [2.24, 2.45) is 5.73 Å². The van der Waals surface area contributed by atoms with Gasteiger partial charge in [-0.25, -0.2) is 4.79 Å². The number of hydrogen-bond acceptors (Lipinski definition) is 3. The van der Waals surface area contributed by atoms with E-state index in [0.717, 1.165) is 9.13 Å². The summed E-state index contributed by atoms with van der Waals surface area (Å²) in [7, 11) is 0. The highest BCUT2D eigenvalue weighted by Gasteiger charge is 2.15. The van der Waals surface area contributed by atoms with Crippen LogP contribution in [0.3, 0.4) is 0 Å². The predicted molar refractivity (Wildman–Crippen MR) is 119 cm³/mol. The first-order valence-electron chi connectivity index (χ1n) is 7.85. The molecule has 0 aliphatic rings. The van der Waals surface area contributed by atoms with Gasteiger partial charge in [-0.2, -0.15) is 0 Å². The largest absolute Gasteiger partial charge is 0.444 e. The van der Waals surface area contributed by atoms with Gasteiger partial charge in [0.25, 0.3) is 0 Å². The average Bonchev–Trinajstić information content (AvgIpc) is 2.52. The molecule has 0 aliphatic carbocycles. The summed E-state index contributed by atoms with van der Waals surface area (Å²) in [5.41, 5.74) is 7.23. The minimum absolute atomic E-state index is 0.383. The van der Waals surface area contributed by atoms with Crippen molar-refractivity contribution in [1.82, 2.24) is 5.32 Å². The lowest BCUT2D eigenvalue weighted by Gasteiger charge is -2.19. The molecule has 0 radical (unpaired) electrons. The summed E-state index contributed by atoms with van der Waals surface area (Å²) >= 11 is 4.51. The first kappa shape index (κ1) is 22.2. The second kappa shape index (κ2) is 11.0. The lowest BCUT2D eigenvalue weighted by Crippen LogP contribution is -2.32. The van der Waals surface area contributed by atoms with Crippen molar-refractivity contribution >= 4 is 51.3 Å². The van der Waals surface area contributed by atoms with Gasteiger partial charge in [-0.1, -0.05) is 24.3 Å². The number of alkyl carbamates (subject to hydrolysis) is 1. The number of nitrogens with two attached hydrogens (primary N) is 1. The lowest BCUT2D eigenvalue weighted by atomic mass is 10.2. The van der Waals surface area contributed by atoms with Crippen LogP contribution in [0.15, 0.2) is 48.5 Å². The summed E-state index contributed by atoms with van der Waals surface area (Å²) < 4.78 is 7.54. The molecule has 1 amide bonds. The summed E-state index contributed by atoms with van der Waals surface area (Å²) in [5, 5.41) is 2.72. The Morgan fingerprint density at radius 2 is 1.56 bits per heavy atom. The zero-order chi connectivity index (χ0) is 18.9. The number of halogens is 2. The van der Waals surface area contributed by atoms with E-state index in [-0.39, 0.29) is 6.09 Å². The zero-order valence-electron chi connectivity index (χ0n) is 14.7. The maximum Gasteiger partial charge on any atom is 0.407 e. The first-order chi connectivity index (χ1) is 11.7. The monoisotopic (exact) mass is 566 g/mol. The second-order valence-corrected chi connectivity index (χ2v) is 8.81. The van der Waals surface area contributed by atoms with E-state index in [1.807, 2.05) is 57.2 Å². The molecule has 0 bridgehead atoms. The molecule has 0 saturated heterocycles. The number of carbonyl (C=O) groups excluding carboxylic acids is 1. The molecule has 0 unspecified atom stereocenters. The highest BCUT2D eigenvalue weighted by molar-refractivity contribution is 14.1. The highest BCUT2D eigenvalue weighted by Crippen LogP contribution is 2.09. The van der Waals surface area contributed by atoms with Gasteiger partial charge in [0.15, 0.2) is 0 Å². The first-order valence-corrected chi connectivity index (χ1v) is 10.0. The Balaban J connectivity index is 0.000000293. The van der Waals surface area contributed by atoms with Gasteiger partial charge >= 0.3 is 6.09 Å². The molecule has 0 saturated carbocycles. The molecule has 0 spiro atoms. The van der Waals surface area contributed by atoms with E-state index in [9.17, 15) is 4.79 Å². The zero-order valence-corrected chi connectivity index (χ0v) is 19.0. The van der Waals surface area contributed by atoms with E-state index < -0.39 is 5.60 Å². The molecule has 0 fully saturated rings. The van der Waals surface area contributed by atoms with Crippen LogP contribution in [0.4, 0.5) is 4.79 Å². The van der Waals surface area contributed by atoms with Crippen LogP contribution in [0.5, 0.6) is 0 Å². The van der Waals surface area contributed by atoms with Crippen LogP contribution in [0.1, 0.15) is 31.9 Å². The number of nitrogens with one attached hydrogen (secondary N) is 1. The number of rotatable bonds is 3. The molecule has 4 nitrogen and oxygen atoms in total. The van der Waals surface area contributed by atoms with E-state index in [1.165, 1.54) is 9.13 Å². The fourth-order valence-electron chi connectivity index (χ4n) is 1.80. The van der Waals surface area contributed by atoms with Gasteiger partial charge in [0.05, 0.1) is 0 Å². The van der Waals surface area contributed by atoms with Gasteiger partial charge in [0, 0.05) is 20.2 Å². The smallest absolute Gasteiger partial charge is 0.407 e. The van der Waals surface area contributed by atoms with Crippen molar-refractivity contribution in [1.29, 1.82) is 0 Å². The summed E-state index contributed by atoms with van der Waals surface area (Å²) in [5.74, 6) is 0. The third-order valence-corrected chi connectivity index (χ3v) is 4.19. The number of hydrogen-bond donors (Lipinski definition) is 2. The highest BCUT2D eigenvalue weighted by atomic mass is 127. The summed E-state index contributed by atoms with van der Waals surface area (Å²) in [6.07, 6.45) is -0.383. The van der Waals surface area contributed by atoms with Gasteiger partial charge in [-0.15, -0.1) is 0 Å². The molecular weight excluding hydrogens is 542 g/mol. The summed E-state index contributed by atoms with van der Waals surface area (Å²) in [6.45, 7) is 6.66. The van der Waals surface area contributed by atoms with Crippen molar-refractivity contribution in [2.75, 3.05) is 0 Å². The van der Waals surface area contributed by atoms with Crippen molar-refractivity contribution in [2.45, 2.75) is 39.5 Å². The molecule has 2 aromatic carbocycles. The molecular formula is C19H24I2N2O2. The Morgan fingerprint density at radius 3 is 2.00 bits per heavy atom. The van der Waals surface area contributed by atoms with E-state index >= 15 is 0 Å². The van der Waals surface area contributed by atoms with Crippen molar-refractivity contribution < 1.29 is 9.53 Å². The minimum Gasteiger partial charge on any atom is -0.444 e. The van der Waals surface area contributed by atoms with Crippen LogP contribution in [-0.2, 0) is 17.8 Å². The summed E-state index contributed by atoms with van der Waals surface area (Å²) in [6, 6.07) is 16.2. The molecule has 0 atom stereocenters. The topological polar surface area (TPSA) is 64.3 Å². The quantitative estimate of drug-likeness (QED) is 0.511. The molecule has 136 valence electrons. The van der Waals surface area contributed by atoms with E-state index in [1.54, 1.807) is 0 Å². The van der Waals surface area contributed by atoms with E-state index in [4.69, 9.17) is 10.5 Å². The fourth-order valence-corrected chi connectivity index (χ4v) is 3.01. The Hall–Kier alpha value is -0.870. The maximum absolute atomic E-state index is 11.4. The maximum atomic E-state index is 11.4. The van der Waals surface area contributed by atoms with Crippen LogP contribution >= 0.6 is 45.2 Å². The van der Waals surface area contributed by atoms with Crippen LogP contribution in [0.2, 0.25) is 0 Å². The van der Waals surface area contributed by atoms with Gasteiger partial charge in [-0.3, -0.25) is 0 Å². The number of amides is 1. The summed E-state index contributed by atoms with van der Waals surface area (Å²) in [4.78, 5) is 11.4. The number of benzene rings is 2. The van der Waals surface area contributed by atoms with Gasteiger partial charge in [0.2, 0.25) is 0 Å². The molecule has 25 heavy (non-hydrogen) atoms. The van der Waals surface area contributed by atoms with Crippen molar-refractivity contribution in [3.05, 3.63) is 66.8 Å². The van der Waals surface area contributed by atoms with Crippen molar-refractivity contribution in [3.8, 4) is 0 Å². The van der Waals surface area contributed by atoms with Crippen molar-refractivity contribution in [3.63, 3.8) is 0 Å². The number of ether oxygens (including phenoxy) is 1. The van der Waals surface area contributed by atoms with Crippen LogP contribution in [0.25, 0.3) is 0 Å². The Morgan fingerprint density at radius 1 is 1.04 bits per heavy atom. The molecule has 0 aliphatic heterocycles. The standard InChI is InChI=1S/C12H16INO2.C7H8IN/c1-12(2,3)16-11(15)14-8-9-5-4-6-10(13)7-9;8-7-3-1-2-6(4-7)5-9/h4-7H,8H2,1-3H3,(H,14,15);1-4H,5,9H2. The van der Waals surface area contributed by atoms with Crippen LogP contribution in [0, 0.1) is 7.14 Å². The molecule has 6 heteroatoms. The van der Waals surface area contributed by atoms with Gasteiger partial charge < -0.3 is 15.8 Å². The SMILES string of the molecule is CC(C)(C)OC(=O)NCc1cccc(I)c1.NCc1cccc(I)c1. The molecule has 0 aromatic heterocycles. The predicted octanol–water partition coefficient (Wildman–Crippen LogP) is 5.07. The Bertz CT molecular complexity index is 685. The lowest BCUT2D eigenvalue weighted by molar-refractivity contribution is 0.0523. The number of carbonyl (C=O) groups is 1. The van der Waals surface area contributed by atoms with Gasteiger partial charge in [-0.05, 0) is 101 Å². The molecule has 0 heterocycles. The second-order valence-electron chi connectivity index (χ2n) is 6.32. The third kappa shape index (κ3) is 10.7. The molecule has 2 rings (SSSR count). The van der Waals surface area contributed by atoms with Gasteiger partial charge in [0.1, 0.15) is 5.60 Å². The normalized spacial score (nSPS) is 10.5. The molecule has 2 aromatic rings. The average molecular weight is 566 g/mol. The third-order valence-electron chi connectivity index (χ3n) is 2.85. The Kier molecular flexibility index (Phi) is 9.73. The van der Waals surface area contributed by atoms with Crippen LogP contribution < -0.4 is 11.1 Å². The molecule has 3 N–H and O–H groups in total.